The van der Waals surface area contributed by atoms with Gasteiger partial charge in [-0.05, 0) is 31.1 Å². The molecule has 0 heterocycles. The second-order valence-electron chi connectivity index (χ2n) is 16.8. The van der Waals surface area contributed by atoms with Crippen molar-refractivity contribution < 1.29 is 28.6 Å². The Bertz CT molecular complexity index is 811. The average molecular weight is 751 g/mol. The van der Waals surface area contributed by atoms with Gasteiger partial charge in [0.25, 0.3) is 0 Å². The number of carbonyl (C=O) groups excluding carboxylic acids is 3. The van der Waals surface area contributed by atoms with Crippen LogP contribution in [0.4, 0.5) is 0 Å². The third-order valence-electron chi connectivity index (χ3n) is 10.8. The van der Waals surface area contributed by atoms with Crippen molar-refractivity contribution in [2.24, 2.45) is 11.8 Å². The fourth-order valence-corrected chi connectivity index (χ4v) is 6.90. The lowest BCUT2D eigenvalue weighted by molar-refractivity contribution is -0.167. The number of hydrogen-bond acceptors (Lipinski definition) is 6. The fraction of sp³-hybridized carbons (Fsp3) is 0.936. The first-order valence-electron chi connectivity index (χ1n) is 23.3. The first-order chi connectivity index (χ1) is 25.8. The summed E-state index contributed by atoms with van der Waals surface area (Å²) in [6.45, 7) is 11.3. The first-order valence-corrected chi connectivity index (χ1v) is 23.3. The topological polar surface area (TPSA) is 78.9 Å². The van der Waals surface area contributed by atoms with E-state index in [0.29, 0.717) is 19.3 Å². The van der Waals surface area contributed by atoms with Crippen LogP contribution >= 0.6 is 0 Å². The summed E-state index contributed by atoms with van der Waals surface area (Å²) in [5, 5.41) is 0. The molecule has 0 aromatic heterocycles. The molecular weight excluding hydrogens is 661 g/mol. The lowest BCUT2D eigenvalue weighted by Gasteiger charge is -2.18. The molecule has 0 spiro atoms. The normalized spacial score (nSPS) is 12.6. The lowest BCUT2D eigenvalue weighted by atomic mass is 9.99. The SMILES string of the molecule is CCCCCCCC(=O)OC[C@@H](COC(=O)CCCCCCCCCCCCCCCC(C)C)OC(=O)CCCCCCCCCCCCC(C)CC. The molecule has 314 valence electrons. The zero-order valence-electron chi connectivity index (χ0n) is 36.1. The number of ether oxygens (including phenoxy) is 3. The largest absolute Gasteiger partial charge is 0.462 e. The smallest absolute Gasteiger partial charge is 0.306 e. The van der Waals surface area contributed by atoms with Gasteiger partial charge in [0, 0.05) is 19.3 Å². The number of unbranched alkanes of at least 4 members (excludes halogenated alkanes) is 25. The maximum Gasteiger partial charge on any atom is 0.306 e. The van der Waals surface area contributed by atoms with Gasteiger partial charge >= 0.3 is 17.9 Å². The predicted octanol–water partition coefficient (Wildman–Crippen LogP) is 14.6. The van der Waals surface area contributed by atoms with Gasteiger partial charge in [0.15, 0.2) is 6.10 Å². The van der Waals surface area contributed by atoms with Crippen molar-refractivity contribution in [3.8, 4) is 0 Å². The molecule has 0 N–H and O–H groups in total. The van der Waals surface area contributed by atoms with Crippen molar-refractivity contribution in [2.45, 2.75) is 259 Å². The quantitative estimate of drug-likeness (QED) is 0.0352. The van der Waals surface area contributed by atoms with E-state index < -0.39 is 6.10 Å². The van der Waals surface area contributed by atoms with E-state index >= 15 is 0 Å². The van der Waals surface area contributed by atoms with Crippen molar-refractivity contribution in [2.75, 3.05) is 13.2 Å². The summed E-state index contributed by atoms with van der Waals surface area (Å²) < 4.78 is 16.6. The number of hydrogen-bond donors (Lipinski definition) is 0. The summed E-state index contributed by atoms with van der Waals surface area (Å²) in [6, 6.07) is 0. The highest BCUT2D eigenvalue weighted by atomic mass is 16.6. The Morgan fingerprint density at radius 1 is 0.396 bits per heavy atom. The van der Waals surface area contributed by atoms with Crippen LogP contribution in [-0.4, -0.2) is 37.2 Å². The van der Waals surface area contributed by atoms with Gasteiger partial charge in [-0.2, -0.15) is 0 Å². The Balaban J connectivity index is 4.17. The Kier molecular flexibility index (Phi) is 38.9. The highest BCUT2D eigenvalue weighted by Gasteiger charge is 2.19. The summed E-state index contributed by atoms with van der Waals surface area (Å²) >= 11 is 0. The molecule has 0 aromatic carbocycles. The molecule has 0 aliphatic rings. The summed E-state index contributed by atoms with van der Waals surface area (Å²) in [6.07, 6.45) is 38.2. The molecule has 0 aromatic rings. The van der Waals surface area contributed by atoms with Gasteiger partial charge in [0.05, 0.1) is 0 Å². The second kappa shape index (κ2) is 40.1. The summed E-state index contributed by atoms with van der Waals surface area (Å²) in [4.78, 5) is 37.5. The van der Waals surface area contributed by atoms with Crippen LogP contribution in [0.5, 0.6) is 0 Å². The standard InChI is InChI=1S/C47H90O6/c1-6-8-9-25-32-37-45(48)51-40-44(53-47(50)39-34-29-24-20-16-15-18-22-27-31-36-43(5)7-2)41-52-46(49)38-33-28-23-19-14-12-10-11-13-17-21-26-30-35-42(3)4/h42-44H,6-41H2,1-5H3/t43?,44-/m0/s1. The van der Waals surface area contributed by atoms with Crippen LogP contribution in [0, 0.1) is 11.8 Å². The van der Waals surface area contributed by atoms with Gasteiger partial charge in [-0.3, -0.25) is 14.4 Å². The summed E-state index contributed by atoms with van der Waals surface area (Å²) in [5.74, 6) is 0.838. The molecule has 0 rings (SSSR count). The van der Waals surface area contributed by atoms with Crippen LogP contribution in [0.25, 0.3) is 0 Å². The van der Waals surface area contributed by atoms with E-state index in [0.717, 1.165) is 76.0 Å². The summed E-state index contributed by atoms with van der Waals surface area (Å²) in [7, 11) is 0. The van der Waals surface area contributed by atoms with Crippen molar-refractivity contribution in [3.05, 3.63) is 0 Å². The van der Waals surface area contributed by atoms with Crippen LogP contribution in [-0.2, 0) is 28.6 Å². The second-order valence-corrected chi connectivity index (χ2v) is 16.8. The van der Waals surface area contributed by atoms with E-state index in [4.69, 9.17) is 14.2 Å². The van der Waals surface area contributed by atoms with Gasteiger partial charge < -0.3 is 14.2 Å². The van der Waals surface area contributed by atoms with Crippen LogP contribution in [0.3, 0.4) is 0 Å². The highest BCUT2D eigenvalue weighted by molar-refractivity contribution is 5.71. The molecule has 0 radical (unpaired) electrons. The summed E-state index contributed by atoms with van der Waals surface area (Å²) in [5.41, 5.74) is 0. The minimum absolute atomic E-state index is 0.0655. The predicted molar refractivity (Wildman–Crippen MR) is 224 cm³/mol. The molecule has 0 amide bonds. The molecule has 6 nitrogen and oxygen atoms in total. The van der Waals surface area contributed by atoms with E-state index in [1.807, 2.05) is 0 Å². The Labute approximate surface area is 329 Å². The van der Waals surface area contributed by atoms with E-state index in [1.165, 1.54) is 135 Å². The van der Waals surface area contributed by atoms with Crippen molar-refractivity contribution >= 4 is 17.9 Å². The van der Waals surface area contributed by atoms with Crippen molar-refractivity contribution in [1.82, 2.24) is 0 Å². The lowest BCUT2D eigenvalue weighted by Crippen LogP contribution is -2.30. The molecule has 0 aliphatic carbocycles. The molecule has 0 aliphatic heterocycles. The molecular formula is C47H90O6. The minimum atomic E-state index is -0.759. The minimum Gasteiger partial charge on any atom is -0.462 e. The Morgan fingerprint density at radius 3 is 1.08 bits per heavy atom. The van der Waals surface area contributed by atoms with Crippen LogP contribution in [0.1, 0.15) is 253 Å². The van der Waals surface area contributed by atoms with Crippen LogP contribution in [0.2, 0.25) is 0 Å². The number of rotatable bonds is 41. The third kappa shape index (κ3) is 39.9. The molecule has 0 bridgehead atoms. The highest BCUT2D eigenvalue weighted by Crippen LogP contribution is 2.17. The van der Waals surface area contributed by atoms with Crippen molar-refractivity contribution in [3.63, 3.8) is 0 Å². The van der Waals surface area contributed by atoms with Gasteiger partial charge in [0.1, 0.15) is 13.2 Å². The van der Waals surface area contributed by atoms with Gasteiger partial charge in [0.2, 0.25) is 0 Å². The van der Waals surface area contributed by atoms with E-state index in [2.05, 4.69) is 34.6 Å². The molecule has 0 saturated carbocycles. The van der Waals surface area contributed by atoms with Crippen LogP contribution in [0.15, 0.2) is 0 Å². The monoisotopic (exact) mass is 751 g/mol. The molecule has 0 fully saturated rings. The zero-order chi connectivity index (χ0) is 39.0. The average Bonchev–Trinajstić information content (AvgIpc) is 3.14. The molecule has 53 heavy (non-hydrogen) atoms. The zero-order valence-corrected chi connectivity index (χ0v) is 36.1. The van der Waals surface area contributed by atoms with E-state index in [-0.39, 0.29) is 31.1 Å². The Hall–Kier alpha value is -1.59. The van der Waals surface area contributed by atoms with Crippen molar-refractivity contribution in [1.29, 1.82) is 0 Å². The van der Waals surface area contributed by atoms with Gasteiger partial charge in [-0.25, -0.2) is 0 Å². The number of esters is 3. The molecule has 6 heteroatoms. The fourth-order valence-electron chi connectivity index (χ4n) is 6.90. The first kappa shape index (κ1) is 51.4. The maximum atomic E-state index is 12.7. The Morgan fingerprint density at radius 2 is 0.717 bits per heavy atom. The van der Waals surface area contributed by atoms with E-state index in [9.17, 15) is 14.4 Å². The third-order valence-corrected chi connectivity index (χ3v) is 10.8. The molecule has 1 unspecified atom stereocenters. The maximum absolute atomic E-state index is 12.7. The number of carbonyl (C=O) groups is 3. The van der Waals surface area contributed by atoms with E-state index in [1.54, 1.807) is 0 Å². The van der Waals surface area contributed by atoms with Gasteiger partial charge in [-0.1, -0.05) is 214 Å². The molecule has 0 saturated heterocycles. The van der Waals surface area contributed by atoms with Crippen LogP contribution < -0.4 is 0 Å². The van der Waals surface area contributed by atoms with Gasteiger partial charge in [-0.15, -0.1) is 0 Å². The molecule has 2 atom stereocenters.